The molecule has 0 saturated carbocycles. The normalized spacial score (nSPS) is 17.0. The van der Waals surface area contributed by atoms with Gasteiger partial charge in [-0.05, 0) is 48.6 Å². The first-order valence-corrected chi connectivity index (χ1v) is 12.3. The predicted octanol–water partition coefficient (Wildman–Crippen LogP) is 3.89. The van der Waals surface area contributed by atoms with Crippen molar-refractivity contribution in [1.29, 1.82) is 0 Å². The van der Waals surface area contributed by atoms with Crippen LogP contribution in [0, 0.1) is 5.92 Å². The predicted molar refractivity (Wildman–Crippen MR) is 122 cm³/mol. The summed E-state index contributed by atoms with van der Waals surface area (Å²) in [6, 6.07) is 11.0. The first-order valence-electron chi connectivity index (χ1n) is 10.2. The SMILES string of the molecule is CC1CCCN(S(=O)(=O)c2cc(C(=O)OCC(=O)NCc3ccccc3Cl)ccc2Cl)C1. The van der Waals surface area contributed by atoms with E-state index < -0.39 is 28.5 Å². The minimum Gasteiger partial charge on any atom is -0.452 e. The van der Waals surface area contributed by atoms with Gasteiger partial charge in [-0.15, -0.1) is 0 Å². The van der Waals surface area contributed by atoms with E-state index in [1.54, 1.807) is 24.3 Å². The van der Waals surface area contributed by atoms with Gasteiger partial charge in [0.05, 0.1) is 10.6 Å². The van der Waals surface area contributed by atoms with E-state index in [1.165, 1.54) is 22.5 Å². The minimum atomic E-state index is -3.85. The van der Waals surface area contributed by atoms with E-state index in [-0.39, 0.29) is 27.9 Å². The third-order valence-corrected chi connectivity index (χ3v) is 7.89. The van der Waals surface area contributed by atoms with Crippen molar-refractivity contribution in [1.82, 2.24) is 9.62 Å². The van der Waals surface area contributed by atoms with Crippen LogP contribution < -0.4 is 5.32 Å². The Balaban J connectivity index is 1.63. The fraction of sp³-hybridized carbons (Fsp3) is 0.364. The van der Waals surface area contributed by atoms with Crippen LogP contribution in [0.4, 0.5) is 0 Å². The molecule has 2 aromatic rings. The van der Waals surface area contributed by atoms with E-state index in [9.17, 15) is 18.0 Å². The lowest BCUT2D eigenvalue weighted by molar-refractivity contribution is -0.124. The van der Waals surface area contributed by atoms with Crippen molar-refractivity contribution < 1.29 is 22.7 Å². The topological polar surface area (TPSA) is 92.8 Å². The van der Waals surface area contributed by atoms with Crippen LogP contribution in [0.5, 0.6) is 0 Å². The number of carbonyl (C=O) groups is 2. The Kier molecular flexibility index (Phi) is 8.16. The first-order chi connectivity index (χ1) is 15.2. The third kappa shape index (κ3) is 6.01. The molecule has 1 aliphatic heterocycles. The zero-order valence-corrected chi connectivity index (χ0v) is 19.8. The number of esters is 1. The minimum absolute atomic E-state index is 0.00284. The Labute approximate surface area is 197 Å². The molecule has 1 unspecified atom stereocenters. The van der Waals surface area contributed by atoms with E-state index in [0.29, 0.717) is 18.1 Å². The Morgan fingerprint density at radius 3 is 2.62 bits per heavy atom. The number of nitrogens with one attached hydrogen (secondary N) is 1. The number of benzene rings is 2. The highest BCUT2D eigenvalue weighted by Crippen LogP contribution is 2.29. The molecule has 10 heteroatoms. The van der Waals surface area contributed by atoms with Crippen molar-refractivity contribution in [3.63, 3.8) is 0 Å². The molecule has 7 nitrogen and oxygen atoms in total. The maximum absolute atomic E-state index is 13.1. The van der Waals surface area contributed by atoms with E-state index >= 15 is 0 Å². The third-order valence-electron chi connectivity index (χ3n) is 5.17. The number of carbonyl (C=O) groups excluding carboxylic acids is 2. The molecule has 32 heavy (non-hydrogen) atoms. The van der Waals surface area contributed by atoms with Gasteiger partial charge >= 0.3 is 5.97 Å². The van der Waals surface area contributed by atoms with Gasteiger partial charge in [0.2, 0.25) is 10.0 Å². The molecule has 0 bridgehead atoms. The maximum Gasteiger partial charge on any atom is 0.338 e. The van der Waals surface area contributed by atoms with Crippen LogP contribution in [-0.2, 0) is 26.1 Å². The summed E-state index contributed by atoms with van der Waals surface area (Å²) in [5.74, 6) is -1.09. The highest BCUT2D eigenvalue weighted by atomic mass is 35.5. The Hall–Kier alpha value is -2.13. The summed E-state index contributed by atoms with van der Waals surface area (Å²) in [6.45, 7) is 2.47. The molecule has 1 fully saturated rings. The van der Waals surface area contributed by atoms with Crippen molar-refractivity contribution in [2.24, 2.45) is 5.92 Å². The molecule has 0 spiro atoms. The van der Waals surface area contributed by atoms with Gasteiger partial charge in [-0.25, -0.2) is 13.2 Å². The lowest BCUT2D eigenvalue weighted by Crippen LogP contribution is -2.39. The number of rotatable bonds is 7. The highest BCUT2D eigenvalue weighted by Gasteiger charge is 2.31. The van der Waals surface area contributed by atoms with Crippen LogP contribution in [0.25, 0.3) is 0 Å². The van der Waals surface area contributed by atoms with E-state index in [1.807, 2.05) is 6.92 Å². The standard InChI is InChI=1S/C22H24Cl2N2O5S/c1-15-5-4-10-26(13-15)32(29,30)20-11-16(8-9-19(20)24)22(28)31-14-21(27)25-12-17-6-2-3-7-18(17)23/h2-3,6-9,11,15H,4-5,10,12-14H2,1H3,(H,25,27). The molecule has 1 N–H and O–H groups in total. The smallest absolute Gasteiger partial charge is 0.338 e. The van der Waals surface area contributed by atoms with Crippen molar-refractivity contribution in [3.05, 3.63) is 63.6 Å². The number of amides is 1. The number of nitrogens with zero attached hydrogens (tertiary/aromatic N) is 1. The molecule has 1 heterocycles. The summed E-state index contributed by atoms with van der Waals surface area (Å²) in [4.78, 5) is 24.3. The number of ether oxygens (including phenoxy) is 1. The Bertz CT molecular complexity index is 1110. The first kappa shape index (κ1) is 24.5. The second kappa shape index (κ2) is 10.7. The molecule has 2 aromatic carbocycles. The van der Waals surface area contributed by atoms with Gasteiger partial charge < -0.3 is 10.1 Å². The number of hydrogen-bond acceptors (Lipinski definition) is 5. The molecule has 172 valence electrons. The Morgan fingerprint density at radius 2 is 1.91 bits per heavy atom. The van der Waals surface area contributed by atoms with Gasteiger partial charge in [0, 0.05) is 24.7 Å². The molecule has 3 rings (SSSR count). The van der Waals surface area contributed by atoms with E-state index in [0.717, 1.165) is 18.4 Å². The number of piperidine rings is 1. The monoisotopic (exact) mass is 498 g/mol. The summed E-state index contributed by atoms with van der Waals surface area (Å²) >= 11 is 12.2. The van der Waals surface area contributed by atoms with Crippen LogP contribution in [0.1, 0.15) is 35.7 Å². The van der Waals surface area contributed by atoms with E-state index in [2.05, 4.69) is 5.32 Å². The van der Waals surface area contributed by atoms with Crippen molar-refractivity contribution in [3.8, 4) is 0 Å². The Morgan fingerprint density at radius 1 is 1.16 bits per heavy atom. The summed E-state index contributed by atoms with van der Waals surface area (Å²) in [6.07, 6.45) is 1.73. The molecule has 0 aliphatic carbocycles. The van der Waals surface area contributed by atoms with Gasteiger partial charge in [-0.3, -0.25) is 4.79 Å². The molecule has 0 radical (unpaired) electrons. The lowest BCUT2D eigenvalue weighted by Gasteiger charge is -2.30. The summed E-state index contributed by atoms with van der Waals surface area (Å²) in [7, 11) is -3.85. The molecule has 1 aliphatic rings. The van der Waals surface area contributed by atoms with Crippen LogP contribution in [-0.4, -0.2) is 44.3 Å². The lowest BCUT2D eigenvalue weighted by atomic mass is 10.0. The molecular weight excluding hydrogens is 475 g/mol. The van der Waals surface area contributed by atoms with Gasteiger partial charge in [0.15, 0.2) is 6.61 Å². The van der Waals surface area contributed by atoms with Gasteiger partial charge in [-0.2, -0.15) is 4.31 Å². The second-order valence-corrected chi connectivity index (χ2v) is 10.4. The molecule has 0 aromatic heterocycles. The molecule has 1 saturated heterocycles. The fourth-order valence-corrected chi connectivity index (χ4v) is 5.73. The molecular formula is C22H24Cl2N2O5S. The van der Waals surface area contributed by atoms with Crippen LogP contribution in [0.3, 0.4) is 0 Å². The van der Waals surface area contributed by atoms with Gasteiger partial charge in [0.1, 0.15) is 4.90 Å². The van der Waals surface area contributed by atoms with Gasteiger partial charge in [0.25, 0.3) is 5.91 Å². The van der Waals surface area contributed by atoms with Gasteiger partial charge in [-0.1, -0.05) is 48.3 Å². The quantitative estimate of drug-likeness (QED) is 0.584. The largest absolute Gasteiger partial charge is 0.452 e. The summed E-state index contributed by atoms with van der Waals surface area (Å²) in [5, 5.41) is 3.16. The average Bonchev–Trinajstić information content (AvgIpc) is 2.77. The van der Waals surface area contributed by atoms with E-state index in [4.69, 9.17) is 27.9 Å². The van der Waals surface area contributed by atoms with Crippen LogP contribution >= 0.6 is 23.2 Å². The van der Waals surface area contributed by atoms with Crippen LogP contribution in [0.2, 0.25) is 10.0 Å². The summed E-state index contributed by atoms with van der Waals surface area (Å²) in [5.41, 5.74) is 0.727. The summed E-state index contributed by atoms with van der Waals surface area (Å²) < 4.78 is 32.5. The highest BCUT2D eigenvalue weighted by molar-refractivity contribution is 7.89. The number of sulfonamides is 1. The zero-order valence-electron chi connectivity index (χ0n) is 17.5. The number of hydrogen-bond donors (Lipinski definition) is 1. The van der Waals surface area contributed by atoms with Crippen molar-refractivity contribution >= 4 is 45.1 Å². The fourth-order valence-electron chi connectivity index (χ4n) is 3.43. The number of halogens is 2. The maximum atomic E-state index is 13.1. The van der Waals surface area contributed by atoms with Crippen molar-refractivity contribution in [2.45, 2.75) is 31.2 Å². The average molecular weight is 499 g/mol. The molecule has 1 amide bonds. The zero-order chi connectivity index (χ0) is 23.3. The van der Waals surface area contributed by atoms with Crippen LogP contribution in [0.15, 0.2) is 47.4 Å². The molecule has 1 atom stereocenters. The van der Waals surface area contributed by atoms with Crippen molar-refractivity contribution in [2.75, 3.05) is 19.7 Å². The second-order valence-electron chi connectivity index (χ2n) is 7.70.